The van der Waals surface area contributed by atoms with E-state index in [2.05, 4.69) is 59.1 Å². The Hall–Kier alpha value is -0.890. The van der Waals surface area contributed by atoms with Gasteiger partial charge >= 0.3 is 0 Å². The highest BCUT2D eigenvalue weighted by Crippen LogP contribution is 2.27. The van der Waals surface area contributed by atoms with Gasteiger partial charge in [0.25, 0.3) is 0 Å². The lowest BCUT2D eigenvalue weighted by atomic mass is 9.87. The summed E-state index contributed by atoms with van der Waals surface area (Å²) < 4.78 is 6.29. The van der Waals surface area contributed by atoms with Crippen LogP contribution in [0.3, 0.4) is 0 Å². The number of hydrogen-bond acceptors (Lipinski definition) is 3. The number of nitrogens with zero attached hydrogens (tertiary/aromatic N) is 2. The third kappa shape index (κ3) is 3.56. The average molecular weight is 323 g/mol. The number of rotatable bonds is 5. The maximum atomic E-state index is 9.19. The molecule has 3 nitrogen and oxygen atoms in total. The van der Waals surface area contributed by atoms with Gasteiger partial charge in [-0.05, 0) is 43.7 Å². The van der Waals surface area contributed by atoms with Crippen LogP contribution in [0.4, 0.5) is 0 Å². The molecule has 0 radical (unpaired) electrons. The fourth-order valence-corrected chi connectivity index (χ4v) is 2.76. The molecule has 0 atom stereocenters. The molecule has 0 saturated carbocycles. The molecule has 0 unspecified atom stereocenters. The largest absolute Gasteiger partial charge is 0.378 e. The van der Waals surface area contributed by atoms with Crippen molar-refractivity contribution in [3.63, 3.8) is 0 Å². The normalized spacial score (nSPS) is 17.0. The molecule has 1 aromatic rings. The molecule has 1 aromatic carbocycles. The van der Waals surface area contributed by atoms with Gasteiger partial charge in [0.15, 0.2) is 0 Å². The van der Waals surface area contributed by atoms with Crippen molar-refractivity contribution >= 4 is 15.9 Å². The SMILES string of the molecule is Cc1ccc(Br)cc1CCN(C)CC1(C#N)COC1. The third-order valence-corrected chi connectivity index (χ3v) is 4.13. The molecule has 1 aliphatic rings. The number of halogens is 1. The van der Waals surface area contributed by atoms with Gasteiger partial charge < -0.3 is 9.64 Å². The molecule has 0 spiro atoms. The Bertz CT molecular complexity index is 491. The Kier molecular flexibility index (Phi) is 4.62. The van der Waals surface area contributed by atoms with Crippen molar-refractivity contribution in [2.24, 2.45) is 5.41 Å². The number of hydrogen-bond donors (Lipinski definition) is 0. The van der Waals surface area contributed by atoms with Gasteiger partial charge in [0, 0.05) is 17.6 Å². The van der Waals surface area contributed by atoms with Gasteiger partial charge in [0.05, 0.1) is 19.3 Å². The van der Waals surface area contributed by atoms with Crippen molar-refractivity contribution in [2.75, 3.05) is 33.4 Å². The van der Waals surface area contributed by atoms with Crippen LogP contribution >= 0.6 is 15.9 Å². The maximum absolute atomic E-state index is 9.19. The predicted molar refractivity (Wildman–Crippen MR) is 78.9 cm³/mol. The van der Waals surface area contributed by atoms with E-state index in [1.165, 1.54) is 11.1 Å². The molecule has 2 rings (SSSR count). The van der Waals surface area contributed by atoms with Crippen molar-refractivity contribution in [1.29, 1.82) is 5.26 Å². The summed E-state index contributed by atoms with van der Waals surface area (Å²) in [6.07, 6.45) is 1.00. The van der Waals surface area contributed by atoms with Crippen LogP contribution in [0.5, 0.6) is 0 Å². The molecule has 19 heavy (non-hydrogen) atoms. The number of nitriles is 1. The summed E-state index contributed by atoms with van der Waals surface area (Å²) in [5.41, 5.74) is 2.40. The van der Waals surface area contributed by atoms with E-state index in [0.29, 0.717) is 13.2 Å². The molecule has 0 bridgehead atoms. The Morgan fingerprint density at radius 1 is 1.47 bits per heavy atom. The van der Waals surface area contributed by atoms with Gasteiger partial charge in [0.1, 0.15) is 5.41 Å². The zero-order chi connectivity index (χ0) is 13.9. The summed E-state index contributed by atoms with van der Waals surface area (Å²) in [5.74, 6) is 0. The molecule has 1 saturated heterocycles. The summed E-state index contributed by atoms with van der Waals surface area (Å²) in [6.45, 7) is 5.03. The zero-order valence-corrected chi connectivity index (χ0v) is 13.0. The van der Waals surface area contributed by atoms with Crippen molar-refractivity contribution in [2.45, 2.75) is 13.3 Å². The highest BCUT2D eigenvalue weighted by atomic mass is 79.9. The Morgan fingerprint density at radius 2 is 2.21 bits per heavy atom. The molecule has 1 aliphatic heterocycles. The third-order valence-electron chi connectivity index (χ3n) is 3.64. The van der Waals surface area contributed by atoms with E-state index in [1.54, 1.807) is 0 Å². The first-order valence-electron chi connectivity index (χ1n) is 6.47. The molecule has 0 aromatic heterocycles. The summed E-state index contributed by atoms with van der Waals surface area (Å²) in [5, 5.41) is 9.19. The average Bonchev–Trinajstić information content (AvgIpc) is 2.35. The van der Waals surface area contributed by atoms with Crippen LogP contribution in [0.1, 0.15) is 11.1 Å². The van der Waals surface area contributed by atoms with Crippen LogP contribution in [0, 0.1) is 23.7 Å². The zero-order valence-electron chi connectivity index (χ0n) is 11.4. The Balaban J connectivity index is 1.88. The minimum Gasteiger partial charge on any atom is -0.378 e. The second kappa shape index (κ2) is 6.04. The van der Waals surface area contributed by atoms with Crippen LogP contribution in [0.15, 0.2) is 22.7 Å². The van der Waals surface area contributed by atoms with Crippen LogP contribution in [0.2, 0.25) is 0 Å². The lowest BCUT2D eigenvalue weighted by Gasteiger charge is -2.38. The van der Waals surface area contributed by atoms with Gasteiger partial charge in [-0.25, -0.2) is 0 Å². The molecule has 0 aliphatic carbocycles. The van der Waals surface area contributed by atoms with Crippen molar-refractivity contribution in [3.05, 3.63) is 33.8 Å². The van der Waals surface area contributed by atoms with E-state index in [1.807, 2.05) is 0 Å². The molecule has 0 amide bonds. The summed E-state index contributed by atoms with van der Waals surface area (Å²) in [7, 11) is 2.07. The fourth-order valence-electron chi connectivity index (χ4n) is 2.36. The first-order valence-corrected chi connectivity index (χ1v) is 7.26. The molecule has 1 heterocycles. The van der Waals surface area contributed by atoms with Crippen molar-refractivity contribution < 1.29 is 4.74 Å². The van der Waals surface area contributed by atoms with Gasteiger partial charge in [-0.2, -0.15) is 5.26 Å². The Labute approximate surface area is 123 Å². The van der Waals surface area contributed by atoms with E-state index in [4.69, 9.17) is 4.74 Å². The van der Waals surface area contributed by atoms with Gasteiger partial charge in [0.2, 0.25) is 0 Å². The van der Waals surface area contributed by atoms with Crippen LogP contribution in [-0.4, -0.2) is 38.3 Å². The minimum absolute atomic E-state index is 0.277. The molecule has 102 valence electrons. The van der Waals surface area contributed by atoms with Crippen molar-refractivity contribution in [1.82, 2.24) is 4.90 Å². The molecular formula is C15H19BrN2O. The monoisotopic (exact) mass is 322 g/mol. The minimum atomic E-state index is -0.277. The van der Waals surface area contributed by atoms with Crippen LogP contribution < -0.4 is 0 Å². The fraction of sp³-hybridized carbons (Fsp3) is 0.533. The number of likely N-dealkylation sites (N-methyl/N-ethyl adjacent to an activating group) is 1. The standard InChI is InChI=1S/C15H19BrN2O/c1-12-3-4-14(16)7-13(12)5-6-18(2)9-15(8-17)10-19-11-15/h3-4,7H,5-6,9-11H2,1-2H3. The summed E-state index contributed by atoms with van der Waals surface area (Å²) in [4.78, 5) is 2.23. The van der Waals surface area contributed by atoms with E-state index in [-0.39, 0.29) is 5.41 Å². The summed E-state index contributed by atoms with van der Waals surface area (Å²) >= 11 is 3.51. The molecular weight excluding hydrogens is 304 g/mol. The van der Waals surface area contributed by atoms with Gasteiger partial charge in [-0.15, -0.1) is 0 Å². The van der Waals surface area contributed by atoms with Crippen LogP contribution in [0.25, 0.3) is 0 Å². The second-order valence-corrected chi connectivity index (χ2v) is 6.36. The topological polar surface area (TPSA) is 36.3 Å². The molecule has 4 heteroatoms. The first kappa shape index (κ1) is 14.5. The van der Waals surface area contributed by atoms with E-state index >= 15 is 0 Å². The quantitative estimate of drug-likeness (QED) is 0.836. The smallest absolute Gasteiger partial charge is 0.116 e. The van der Waals surface area contributed by atoms with Crippen molar-refractivity contribution in [3.8, 4) is 6.07 Å². The van der Waals surface area contributed by atoms with Crippen LogP contribution in [-0.2, 0) is 11.2 Å². The van der Waals surface area contributed by atoms with E-state index < -0.39 is 0 Å². The lowest BCUT2D eigenvalue weighted by Crippen LogP contribution is -2.49. The maximum Gasteiger partial charge on any atom is 0.116 e. The first-order chi connectivity index (χ1) is 9.04. The summed E-state index contributed by atoms with van der Waals surface area (Å²) in [6, 6.07) is 8.77. The van der Waals surface area contributed by atoms with Gasteiger partial charge in [-0.3, -0.25) is 0 Å². The van der Waals surface area contributed by atoms with Gasteiger partial charge in [-0.1, -0.05) is 22.0 Å². The van der Waals surface area contributed by atoms with E-state index in [0.717, 1.165) is 24.0 Å². The van der Waals surface area contributed by atoms with E-state index in [9.17, 15) is 5.26 Å². The second-order valence-electron chi connectivity index (χ2n) is 5.44. The molecule has 0 N–H and O–H groups in total. The number of aryl methyl sites for hydroxylation is 1. The number of benzene rings is 1. The highest BCUT2D eigenvalue weighted by Gasteiger charge is 2.39. The highest BCUT2D eigenvalue weighted by molar-refractivity contribution is 9.10. The molecule has 1 fully saturated rings. The lowest BCUT2D eigenvalue weighted by molar-refractivity contribution is -0.0886. The Morgan fingerprint density at radius 3 is 2.79 bits per heavy atom. The number of ether oxygens (including phenoxy) is 1. The predicted octanol–water partition coefficient (Wildman–Crippen LogP) is 2.77.